The number of aliphatic hydroxyl groups is 1. The topological polar surface area (TPSA) is 49.3 Å². The zero-order valence-corrected chi connectivity index (χ0v) is 11.3. The highest BCUT2D eigenvalue weighted by Gasteiger charge is 2.27. The van der Waals surface area contributed by atoms with Gasteiger partial charge in [0.2, 0.25) is 0 Å². The van der Waals surface area contributed by atoms with Gasteiger partial charge in [0.05, 0.1) is 10.6 Å². The molecule has 0 radical (unpaired) electrons. The van der Waals surface area contributed by atoms with Gasteiger partial charge in [-0.1, -0.05) is 24.1 Å². The van der Waals surface area contributed by atoms with Crippen LogP contribution in [0.3, 0.4) is 0 Å². The van der Waals surface area contributed by atoms with Crippen molar-refractivity contribution in [2.75, 3.05) is 13.2 Å². The van der Waals surface area contributed by atoms with Crippen molar-refractivity contribution in [2.24, 2.45) is 11.8 Å². The number of hydrogen-bond donors (Lipinski definition) is 2. The van der Waals surface area contributed by atoms with E-state index in [4.69, 9.17) is 11.6 Å². The van der Waals surface area contributed by atoms with E-state index < -0.39 is 11.7 Å². The molecule has 19 heavy (non-hydrogen) atoms. The van der Waals surface area contributed by atoms with Crippen molar-refractivity contribution in [3.63, 3.8) is 0 Å². The number of rotatable bonds is 4. The van der Waals surface area contributed by atoms with Crippen LogP contribution in [-0.4, -0.2) is 24.2 Å². The molecule has 0 spiro atoms. The zero-order chi connectivity index (χ0) is 13.8. The molecule has 2 atom stereocenters. The molecular weight excluding hydrogens is 269 g/mol. The van der Waals surface area contributed by atoms with Crippen LogP contribution in [0.1, 0.15) is 29.6 Å². The van der Waals surface area contributed by atoms with Crippen LogP contribution in [0.2, 0.25) is 5.02 Å². The smallest absolute Gasteiger partial charge is 0.255 e. The minimum atomic E-state index is -0.616. The highest BCUT2D eigenvalue weighted by molar-refractivity contribution is 6.33. The average molecular weight is 286 g/mol. The van der Waals surface area contributed by atoms with Gasteiger partial charge in [0.25, 0.3) is 5.91 Å². The fourth-order valence-corrected chi connectivity index (χ4v) is 2.90. The Morgan fingerprint density at radius 1 is 1.42 bits per heavy atom. The molecule has 0 aromatic heterocycles. The summed E-state index contributed by atoms with van der Waals surface area (Å²) in [7, 11) is 0. The summed E-state index contributed by atoms with van der Waals surface area (Å²) >= 11 is 5.83. The molecule has 104 valence electrons. The Hall–Kier alpha value is -1.13. The fraction of sp³-hybridized carbons (Fsp3) is 0.500. The average Bonchev–Trinajstić information content (AvgIpc) is 2.83. The number of hydrogen-bond acceptors (Lipinski definition) is 2. The molecule has 1 aliphatic rings. The van der Waals surface area contributed by atoms with Crippen molar-refractivity contribution < 1.29 is 14.3 Å². The molecule has 1 amide bonds. The van der Waals surface area contributed by atoms with E-state index in [1.54, 1.807) is 0 Å². The number of halogens is 2. The minimum absolute atomic E-state index is 0.109. The summed E-state index contributed by atoms with van der Waals surface area (Å²) < 4.78 is 13.6. The van der Waals surface area contributed by atoms with Gasteiger partial charge < -0.3 is 10.4 Å². The zero-order valence-electron chi connectivity index (χ0n) is 10.5. The first-order valence-corrected chi connectivity index (χ1v) is 6.84. The largest absolute Gasteiger partial charge is 0.396 e. The van der Waals surface area contributed by atoms with Crippen LogP contribution >= 0.6 is 11.6 Å². The van der Waals surface area contributed by atoms with E-state index >= 15 is 0 Å². The molecule has 5 heteroatoms. The van der Waals surface area contributed by atoms with Gasteiger partial charge in [-0.05, 0) is 36.8 Å². The van der Waals surface area contributed by atoms with Gasteiger partial charge in [-0.2, -0.15) is 0 Å². The van der Waals surface area contributed by atoms with Crippen LogP contribution < -0.4 is 5.32 Å². The maximum absolute atomic E-state index is 13.6. The lowest BCUT2D eigenvalue weighted by molar-refractivity contribution is 0.0934. The Kier molecular flexibility index (Phi) is 4.77. The molecule has 3 nitrogen and oxygen atoms in total. The lowest BCUT2D eigenvalue weighted by Crippen LogP contribution is -2.32. The van der Waals surface area contributed by atoms with E-state index in [0.29, 0.717) is 6.54 Å². The third kappa shape index (κ3) is 3.25. The molecule has 1 aromatic carbocycles. The molecule has 2 rings (SSSR count). The molecule has 2 unspecified atom stereocenters. The van der Waals surface area contributed by atoms with E-state index in [1.165, 1.54) is 18.2 Å². The van der Waals surface area contributed by atoms with Crippen LogP contribution in [0, 0.1) is 17.7 Å². The van der Waals surface area contributed by atoms with Gasteiger partial charge in [-0.25, -0.2) is 4.39 Å². The van der Waals surface area contributed by atoms with Gasteiger partial charge in [0.15, 0.2) is 0 Å². The van der Waals surface area contributed by atoms with Crippen LogP contribution in [0.4, 0.5) is 4.39 Å². The van der Waals surface area contributed by atoms with Gasteiger partial charge in [-0.3, -0.25) is 4.79 Å². The number of aliphatic hydroxyl groups excluding tert-OH is 1. The maximum atomic E-state index is 13.6. The molecule has 1 fully saturated rings. The van der Waals surface area contributed by atoms with Crippen LogP contribution in [0.15, 0.2) is 18.2 Å². The lowest BCUT2D eigenvalue weighted by atomic mass is 9.97. The SMILES string of the molecule is O=C(NCC1CCCC1CO)c1c(F)cccc1Cl. The van der Waals surface area contributed by atoms with Crippen LogP contribution in [0.25, 0.3) is 0 Å². The van der Waals surface area contributed by atoms with Gasteiger partial charge in [0.1, 0.15) is 5.82 Å². The summed E-state index contributed by atoms with van der Waals surface area (Å²) in [5.41, 5.74) is -0.109. The second kappa shape index (κ2) is 6.35. The Balaban J connectivity index is 1.98. The second-order valence-corrected chi connectivity index (χ2v) is 5.35. The maximum Gasteiger partial charge on any atom is 0.255 e. The second-order valence-electron chi connectivity index (χ2n) is 4.94. The fourth-order valence-electron chi connectivity index (χ4n) is 2.65. The van der Waals surface area contributed by atoms with Gasteiger partial charge in [0, 0.05) is 13.2 Å². The standard InChI is InChI=1S/C14H17ClFNO2/c15-11-5-2-6-12(16)13(11)14(19)17-7-9-3-1-4-10(9)8-18/h2,5-6,9-10,18H,1,3-4,7-8H2,(H,17,19). The van der Waals surface area contributed by atoms with Crippen molar-refractivity contribution in [2.45, 2.75) is 19.3 Å². The summed E-state index contributed by atoms with van der Waals surface area (Å²) in [6, 6.07) is 4.17. The van der Waals surface area contributed by atoms with E-state index in [2.05, 4.69) is 5.32 Å². The van der Waals surface area contributed by atoms with Crippen molar-refractivity contribution in [3.05, 3.63) is 34.6 Å². The summed E-state index contributed by atoms with van der Waals surface area (Å²) in [5.74, 6) is -0.613. The number of benzene rings is 1. The number of nitrogens with one attached hydrogen (secondary N) is 1. The Labute approximate surface area is 116 Å². The van der Waals surface area contributed by atoms with Crippen molar-refractivity contribution in [1.29, 1.82) is 0 Å². The Bertz CT molecular complexity index is 447. The van der Waals surface area contributed by atoms with E-state index in [0.717, 1.165) is 19.3 Å². The molecule has 0 saturated heterocycles. The minimum Gasteiger partial charge on any atom is -0.396 e. The Morgan fingerprint density at radius 3 is 2.84 bits per heavy atom. The number of carbonyl (C=O) groups excluding carboxylic acids is 1. The molecule has 0 bridgehead atoms. The number of carbonyl (C=O) groups is 1. The van der Waals surface area contributed by atoms with Gasteiger partial charge in [-0.15, -0.1) is 0 Å². The van der Waals surface area contributed by atoms with Gasteiger partial charge >= 0.3 is 0 Å². The molecule has 1 aromatic rings. The molecule has 1 saturated carbocycles. The third-order valence-electron chi connectivity index (χ3n) is 3.77. The first kappa shape index (κ1) is 14.3. The first-order valence-electron chi connectivity index (χ1n) is 6.46. The normalized spacial score (nSPS) is 22.5. The molecule has 2 N–H and O–H groups in total. The van der Waals surface area contributed by atoms with Crippen LogP contribution in [-0.2, 0) is 0 Å². The molecule has 0 aliphatic heterocycles. The molecular formula is C14H17ClFNO2. The summed E-state index contributed by atoms with van der Waals surface area (Å²) in [5, 5.41) is 12.0. The van der Waals surface area contributed by atoms with Crippen LogP contribution in [0.5, 0.6) is 0 Å². The quantitative estimate of drug-likeness (QED) is 0.893. The first-order chi connectivity index (χ1) is 9.13. The van der Waals surface area contributed by atoms with Crippen molar-refractivity contribution >= 4 is 17.5 Å². The summed E-state index contributed by atoms with van der Waals surface area (Å²) in [4.78, 5) is 11.9. The Morgan fingerprint density at radius 2 is 2.16 bits per heavy atom. The predicted molar refractivity (Wildman–Crippen MR) is 71.7 cm³/mol. The summed E-state index contributed by atoms with van der Waals surface area (Å²) in [6.45, 7) is 0.593. The predicted octanol–water partition coefficient (Wildman–Crippen LogP) is 2.62. The monoisotopic (exact) mass is 285 g/mol. The third-order valence-corrected chi connectivity index (χ3v) is 4.08. The number of amides is 1. The lowest BCUT2D eigenvalue weighted by Gasteiger charge is -2.18. The van der Waals surface area contributed by atoms with E-state index in [9.17, 15) is 14.3 Å². The van der Waals surface area contributed by atoms with Crippen molar-refractivity contribution in [1.82, 2.24) is 5.32 Å². The highest BCUT2D eigenvalue weighted by atomic mass is 35.5. The molecule has 1 aliphatic carbocycles. The van der Waals surface area contributed by atoms with Crippen molar-refractivity contribution in [3.8, 4) is 0 Å². The molecule has 0 heterocycles. The summed E-state index contributed by atoms with van der Waals surface area (Å²) in [6.07, 6.45) is 3.03. The van der Waals surface area contributed by atoms with E-state index in [1.807, 2.05) is 0 Å². The highest BCUT2D eigenvalue weighted by Crippen LogP contribution is 2.30. The van der Waals surface area contributed by atoms with E-state index in [-0.39, 0.29) is 29.0 Å².